The molecule has 0 aliphatic carbocycles. The average Bonchev–Trinajstić information content (AvgIpc) is 2.98. The molecular weight excluding hydrogens is 312 g/mol. The van der Waals surface area contributed by atoms with E-state index in [1.54, 1.807) is 4.90 Å². The Bertz CT molecular complexity index is 694. The van der Waals surface area contributed by atoms with Gasteiger partial charge in [-0.05, 0) is 68.8 Å². The molecule has 25 heavy (non-hydrogen) atoms. The molecular formula is C20H28N4O. The second-order valence-electron chi connectivity index (χ2n) is 7.05. The van der Waals surface area contributed by atoms with Crippen molar-refractivity contribution in [3.63, 3.8) is 0 Å². The minimum absolute atomic E-state index is 0.0760. The summed E-state index contributed by atoms with van der Waals surface area (Å²) in [6.45, 7) is 6.87. The largest absolute Gasteiger partial charge is 0.341 e. The molecule has 1 aliphatic heterocycles. The van der Waals surface area contributed by atoms with Gasteiger partial charge in [0.15, 0.2) is 0 Å². The Morgan fingerprint density at radius 1 is 1.28 bits per heavy atom. The number of carbonyl (C=O) groups is 1. The topological polar surface area (TPSA) is 61.0 Å². The monoisotopic (exact) mass is 340 g/mol. The summed E-state index contributed by atoms with van der Waals surface area (Å²) in [5.74, 6) is 0.648. The first kappa shape index (κ1) is 17.7. The van der Waals surface area contributed by atoms with Crippen molar-refractivity contribution < 1.29 is 4.79 Å². The van der Waals surface area contributed by atoms with Crippen LogP contribution >= 0.6 is 0 Å². The second-order valence-corrected chi connectivity index (χ2v) is 7.05. The Hall–Kier alpha value is -2.14. The molecule has 0 bridgehead atoms. The summed E-state index contributed by atoms with van der Waals surface area (Å²) >= 11 is 0. The highest BCUT2D eigenvalue weighted by Crippen LogP contribution is 2.23. The predicted molar refractivity (Wildman–Crippen MR) is 100 cm³/mol. The summed E-state index contributed by atoms with van der Waals surface area (Å²) in [5, 5.41) is 10.7. The average molecular weight is 340 g/mol. The van der Waals surface area contributed by atoms with Crippen molar-refractivity contribution in [2.24, 2.45) is 0 Å². The highest BCUT2D eigenvalue weighted by Gasteiger charge is 2.17. The van der Waals surface area contributed by atoms with Gasteiger partial charge in [0.2, 0.25) is 0 Å². The van der Waals surface area contributed by atoms with Crippen molar-refractivity contribution in [2.45, 2.75) is 39.0 Å². The van der Waals surface area contributed by atoms with Crippen LogP contribution in [0.5, 0.6) is 0 Å². The third-order valence-corrected chi connectivity index (χ3v) is 5.25. The number of hydrogen-bond acceptors (Lipinski definition) is 3. The first-order valence-electron chi connectivity index (χ1n) is 9.13. The van der Waals surface area contributed by atoms with Gasteiger partial charge in [0, 0.05) is 31.4 Å². The fourth-order valence-electron chi connectivity index (χ4n) is 3.58. The smallest absolute Gasteiger partial charge is 0.253 e. The molecule has 1 aliphatic rings. The van der Waals surface area contributed by atoms with Crippen LogP contribution in [0, 0.1) is 13.8 Å². The van der Waals surface area contributed by atoms with Gasteiger partial charge in [0.05, 0.1) is 5.69 Å². The zero-order chi connectivity index (χ0) is 17.8. The van der Waals surface area contributed by atoms with E-state index >= 15 is 0 Å². The maximum absolute atomic E-state index is 12.7. The summed E-state index contributed by atoms with van der Waals surface area (Å²) in [4.78, 5) is 14.4. The lowest BCUT2D eigenvalue weighted by molar-refractivity contribution is 0.0796. The molecule has 5 heteroatoms. The molecule has 1 aromatic heterocycles. The summed E-state index contributed by atoms with van der Waals surface area (Å²) in [5.41, 5.74) is 5.40. The van der Waals surface area contributed by atoms with E-state index in [0.29, 0.717) is 12.5 Å². The van der Waals surface area contributed by atoms with Gasteiger partial charge in [0.1, 0.15) is 0 Å². The summed E-state index contributed by atoms with van der Waals surface area (Å²) in [6.07, 6.45) is 3.27. The highest BCUT2D eigenvalue weighted by molar-refractivity contribution is 5.94. The minimum atomic E-state index is 0.0760. The van der Waals surface area contributed by atoms with Crippen LogP contribution in [-0.4, -0.2) is 47.7 Å². The number of aromatic nitrogens is 2. The first-order valence-corrected chi connectivity index (χ1v) is 9.13. The zero-order valence-electron chi connectivity index (χ0n) is 15.4. The Morgan fingerprint density at radius 3 is 2.64 bits per heavy atom. The SMILES string of the molecule is Cc1n[nH]c(C)c1CCN(C)C(=O)c1ccc([C@@H]2CCCNC2)cc1. The van der Waals surface area contributed by atoms with Crippen LogP contribution in [0.4, 0.5) is 0 Å². The number of H-pyrrole nitrogens is 1. The summed E-state index contributed by atoms with van der Waals surface area (Å²) < 4.78 is 0. The van der Waals surface area contributed by atoms with Crippen molar-refractivity contribution in [1.29, 1.82) is 0 Å². The summed E-state index contributed by atoms with van der Waals surface area (Å²) in [6, 6.07) is 8.17. The maximum Gasteiger partial charge on any atom is 0.253 e. The normalized spacial score (nSPS) is 17.5. The van der Waals surface area contributed by atoms with Gasteiger partial charge in [-0.25, -0.2) is 0 Å². The number of rotatable bonds is 5. The third-order valence-electron chi connectivity index (χ3n) is 5.25. The molecule has 1 saturated heterocycles. The standard InChI is InChI=1S/C20H28N4O/c1-14-19(15(2)23-22-14)10-12-24(3)20(25)17-8-6-16(7-9-17)18-5-4-11-21-13-18/h6-9,18,21H,4-5,10-13H2,1-3H3,(H,22,23)/t18-/m1/s1. The van der Waals surface area contributed by atoms with E-state index in [0.717, 1.165) is 36.5 Å². The first-order chi connectivity index (χ1) is 12.1. The highest BCUT2D eigenvalue weighted by atomic mass is 16.2. The van der Waals surface area contributed by atoms with Gasteiger partial charge in [-0.1, -0.05) is 12.1 Å². The number of likely N-dealkylation sites (N-methyl/N-ethyl adjacent to an activating group) is 1. The molecule has 0 spiro atoms. The number of piperidine rings is 1. The number of benzene rings is 1. The molecule has 2 heterocycles. The fourth-order valence-corrected chi connectivity index (χ4v) is 3.58. The van der Waals surface area contributed by atoms with E-state index in [1.165, 1.54) is 24.0 Å². The van der Waals surface area contributed by atoms with Crippen LogP contribution in [0.3, 0.4) is 0 Å². The van der Waals surface area contributed by atoms with Crippen LogP contribution in [0.15, 0.2) is 24.3 Å². The van der Waals surface area contributed by atoms with Gasteiger partial charge in [-0.15, -0.1) is 0 Å². The molecule has 0 saturated carbocycles. The van der Waals surface area contributed by atoms with Gasteiger partial charge in [-0.2, -0.15) is 5.10 Å². The number of nitrogens with one attached hydrogen (secondary N) is 2. The Morgan fingerprint density at radius 2 is 2.04 bits per heavy atom. The van der Waals surface area contributed by atoms with E-state index < -0.39 is 0 Å². The van der Waals surface area contributed by atoms with Crippen LogP contribution < -0.4 is 5.32 Å². The Labute approximate surface area is 149 Å². The molecule has 0 radical (unpaired) electrons. The number of nitrogens with zero attached hydrogens (tertiary/aromatic N) is 2. The number of amides is 1. The van der Waals surface area contributed by atoms with Crippen molar-refractivity contribution >= 4 is 5.91 Å². The number of aryl methyl sites for hydroxylation is 2. The molecule has 2 aromatic rings. The van der Waals surface area contributed by atoms with E-state index in [1.807, 2.05) is 33.0 Å². The molecule has 134 valence electrons. The van der Waals surface area contributed by atoms with Crippen molar-refractivity contribution in [3.05, 3.63) is 52.3 Å². The van der Waals surface area contributed by atoms with Gasteiger partial charge in [0.25, 0.3) is 5.91 Å². The summed E-state index contributed by atoms with van der Waals surface area (Å²) in [7, 11) is 1.87. The number of carbonyl (C=O) groups excluding carboxylic acids is 1. The van der Waals surface area contributed by atoms with E-state index in [9.17, 15) is 4.79 Å². The molecule has 0 unspecified atom stereocenters. The number of hydrogen-bond donors (Lipinski definition) is 2. The second kappa shape index (κ2) is 7.83. The molecule has 1 fully saturated rings. The Balaban J connectivity index is 1.60. The molecule has 1 amide bonds. The quantitative estimate of drug-likeness (QED) is 0.880. The van der Waals surface area contributed by atoms with Gasteiger partial charge >= 0.3 is 0 Å². The van der Waals surface area contributed by atoms with Crippen molar-refractivity contribution in [3.8, 4) is 0 Å². The van der Waals surface area contributed by atoms with Crippen LogP contribution in [0.1, 0.15) is 51.6 Å². The van der Waals surface area contributed by atoms with Crippen molar-refractivity contribution in [2.75, 3.05) is 26.7 Å². The van der Waals surface area contributed by atoms with Crippen molar-refractivity contribution in [1.82, 2.24) is 20.4 Å². The zero-order valence-corrected chi connectivity index (χ0v) is 15.4. The maximum atomic E-state index is 12.7. The van der Waals surface area contributed by atoms with E-state index in [-0.39, 0.29) is 5.91 Å². The van der Waals surface area contributed by atoms with Gasteiger partial charge in [-0.3, -0.25) is 9.89 Å². The third kappa shape index (κ3) is 4.10. The molecule has 1 atom stereocenters. The van der Waals surface area contributed by atoms with Gasteiger partial charge < -0.3 is 10.2 Å². The molecule has 1 aromatic carbocycles. The minimum Gasteiger partial charge on any atom is -0.341 e. The van der Waals surface area contributed by atoms with Crippen LogP contribution in [0.2, 0.25) is 0 Å². The lowest BCUT2D eigenvalue weighted by Crippen LogP contribution is -2.29. The van der Waals surface area contributed by atoms with E-state index in [4.69, 9.17) is 0 Å². The lowest BCUT2D eigenvalue weighted by Gasteiger charge is -2.23. The Kier molecular flexibility index (Phi) is 5.53. The predicted octanol–water partition coefficient (Wildman–Crippen LogP) is 2.81. The molecule has 3 rings (SSSR count). The lowest BCUT2D eigenvalue weighted by atomic mass is 9.91. The van der Waals surface area contributed by atoms with E-state index in [2.05, 4.69) is 27.6 Å². The molecule has 5 nitrogen and oxygen atoms in total. The fraction of sp³-hybridized carbons (Fsp3) is 0.500. The molecule has 2 N–H and O–H groups in total. The number of aromatic amines is 1. The van der Waals surface area contributed by atoms with Crippen LogP contribution in [0.25, 0.3) is 0 Å². The van der Waals surface area contributed by atoms with Crippen LogP contribution in [-0.2, 0) is 6.42 Å².